The Morgan fingerprint density at radius 2 is 1.55 bits per heavy atom. The van der Waals surface area contributed by atoms with Crippen LogP contribution in [0.5, 0.6) is 0 Å². The molecule has 42 heavy (non-hydrogen) atoms. The van der Waals surface area contributed by atoms with Crippen LogP contribution in [0, 0.1) is 19.3 Å². The van der Waals surface area contributed by atoms with Crippen molar-refractivity contribution in [3.05, 3.63) is 143 Å². The van der Waals surface area contributed by atoms with Gasteiger partial charge < -0.3 is 0 Å². The minimum absolute atomic E-state index is 0.206. The van der Waals surface area contributed by atoms with Gasteiger partial charge in [0.25, 0.3) is 0 Å². The van der Waals surface area contributed by atoms with Crippen molar-refractivity contribution in [2.45, 2.75) is 39.5 Å². The summed E-state index contributed by atoms with van der Waals surface area (Å²) in [5.74, 6) is 0.720. The quantitative estimate of drug-likeness (QED) is 0.200. The standard InChI is InChI=1S/C23H21N.C15H15N3/c1-16-6-5-8-20(14-16)18-10-12-19(13-11-18)23-22-9-4-3-7-21(22)15-17(2)24-23;1-17-15(13-10-6-3-7-11-13)18-14(16)12-8-4-2-5-9-12/h4-6,8-15H,3,7H2,1-2H3;2,4-6,8-11,16H,1,3,7H2. The number of nitrogens with zero attached hydrogens (tertiary/aromatic N) is 3. The number of hydrogen-bond donors (Lipinski definition) is 1. The van der Waals surface area contributed by atoms with Crippen LogP contribution >= 0.6 is 0 Å². The van der Waals surface area contributed by atoms with E-state index in [1.165, 1.54) is 33.4 Å². The van der Waals surface area contributed by atoms with Crippen LogP contribution in [0.4, 0.5) is 0 Å². The molecule has 1 N–H and O–H groups in total. The summed E-state index contributed by atoms with van der Waals surface area (Å²) in [6.07, 6.45) is 14.9. The molecule has 0 amide bonds. The van der Waals surface area contributed by atoms with E-state index in [4.69, 9.17) is 10.4 Å². The van der Waals surface area contributed by atoms with Crippen molar-refractivity contribution >= 4 is 24.5 Å². The second-order valence-corrected chi connectivity index (χ2v) is 10.5. The van der Waals surface area contributed by atoms with Crippen molar-refractivity contribution in [1.82, 2.24) is 4.98 Å². The van der Waals surface area contributed by atoms with Crippen molar-refractivity contribution in [2.24, 2.45) is 9.98 Å². The normalized spacial score (nSPS) is 13.9. The van der Waals surface area contributed by atoms with Crippen LogP contribution in [-0.4, -0.2) is 23.4 Å². The molecule has 208 valence electrons. The molecule has 0 saturated carbocycles. The molecule has 0 atom stereocenters. The maximum Gasteiger partial charge on any atom is 0.160 e. The lowest BCUT2D eigenvalue weighted by Crippen LogP contribution is -2.04. The average molecular weight is 549 g/mol. The van der Waals surface area contributed by atoms with Gasteiger partial charge in [-0.25, -0.2) is 9.98 Å². The smallest absolute Gasteiger partial charge is 0.160 e. The lowest BCUT2D eigenvalue weighted by atomic mass is 9.92. The first kappa shape index (κ1) is 28.6. The zero-order valence-corrected chi connectivity index (χ0v) is 24.3. The molecule has 2 aliphatic carbocycles. The first-order chi connectivity index (χ1) is 20.5. The van der Waals surface area contributed by atoms with Crippen LogP contribution < -0.4 is 0 Å². The summed E-state index contributed by atoms with van der Waals surface area (Å²) < 4.78 is 0. The molecule has 0 saturated heterocycles. The van der Waals surface area contributed by atoms with Crippen LogP contribution in [0.2, 0.25) is 0 Å². The van der Waals surface area contributed by atoms with Gasteiger partial charge in [-0.3, -0.25) is 10.4 Å². The van der Waals surface area contributed by atoms with Gasteiger partial charge in [0.15, 0.2) is 11.7 Å². The number of aliphatic imine (C=N–C) groups is 2. The largest absolute Gasteiger partial charge is 0.282 e. The number of pyridine rings is 1. The topological polar surface area (TPSA) is 61.5 Å². The highest BCUT2D eigenvalue weighted by molar-refractivity contribution is 6.12. The molecule has 0 bridgehead atoms. The predicted molar refractivity (Wildman–Crippen MR) is 179 cm³/mol. The van der Waals surface area contributed by atoms with Crippen LogP contribution in [0.15, 0.2) is 125 Å². The molecule has 0 fully saturated rings. The molecule has 0 aliphatic heterocycles. The Hall–Kier alpha value is -4.96. The molecule has 0 radical (unpaired) electrons. The number of rotatable bonds is 4. The summed E-state index contributed by atoms with van der Waals surface area (Å²) >= 11 is 0. The van der Waals surface area contributed by atoms with E-state index in [0.717, 1.165) is 48.2 Å². The predicted octanol–water partition coefficient (Wildman–Crippen LogP) is 9.38. The summed E-state index contributed by atoms with van der Waals surface area (Å²) in [7, 11) is 0. The number of nitrogens with one attached hydrogen (secondary N) is 1. The van der Waals surface area contributed by atoms with Crippen LogP contribution in [0.1, 0.15) is 47.2 Å². The number of fused-ring (bicyclic) bond motifs is 1. The van der Waals surface area contributed by atoms with Crippen molar-refractivity contribution in [1.29, 1.82) is 5.41 Å². The van der Waals surface area contributed by atoms with Gasteiger partial charge in [0.1, 0.15) is 0 Å². The van der Waals surface area contributed by atoms with Crippen molar-refractivity contribution in [3.63, 3.8) is 0 Å². The fourth-order valence-corrected chi connectivity index (χ4v) is 5.19. The summed E-state index contributed by atoms with van der Waals surface area (Å²) in [6, 6.07) is 29.1. The average Bonchev–Trinajstić information content (AvgIpc) is 3.04. The van der Waals surface area contributed by atoms with Crippen molar-refractivity contribution in [2.75, 3.05) is 0 Å². The molecule has 4 nitrogen and oxygen atoms in total. The molecule has 3 aromatic carbocycles. The number of aryl methyl sites for hydroxylation is 3. The molecule has 4 heteroatoms. The Morgan fingerprint density at radius 1 is 0.786 bits per heavy atom. The molecule has 6 rings (SSSR count). The fourth-order valence-electron chi connectivity index (χ4n) is 5.19. The monoisotopic (exact) mass is 548 g/mol. The third-order valence-electron chi connectivity index (χ3n) is 7.31. The minimum atomic E-state index is 0.206. The van der Waals surface area contributed by atoms with Gasteiger partial charge in [-0.15, -0.1) is 0 Å². The van der Waals surface area contributed by atoms with Gasteiger partial charge in [0.2, 0.25) is 0 Å². The lowest BCUT2D eigenvalue weighted by Gasteiger charge is -2.16. The van der Waals surface area contributed by atoms with E-state index in [9.17, 15) is 0 Å². The van der Waals surface area contributed by atoms with E-state index in [-0.39, 0.29) is 5.84 Å². The number of amidine groups is 2. The lowest BCUT2D eigenvalue weighted by molar-refractivity contribution is 0.970. The maximum atomic E-state index is 7.96. The van der Waals surface area contributed by atoms with Gasteiger partial charge in [-0.2, -0.15) is 0 Å². The highest BCUT2D eigenvalue weighted by atomic mass is 14.9. The summed E-state index contributed by atoms with van der Waals surface area (Å²) in [5.41, 5.74) is 11.6. The zero-order chi connectivity index (χ0) is 29.3. The van der Waals surface area contributed by atoms with Crippen molar-refractivity contribution < 1.29 is 0 Å². The van der Waals surface area contributed by atoms with Crippen LogP contribution in [0.25, 0.3) is 28.5 Å². The molecule has 2 aliphatic rings. The summed E-state index contributed by atoms with van der Waals surface area (Å²) in [5, 5.41) is 7.96. The van der Waals surface area contributed by atoms with E-state index in [1.807, 2.05) is 36.4 Å². The van der Waals surface area contributed by atoms with Crippen LogP contribution in [0.3, 0.4) is 0 Å². The van der Waals surface area contributed by atoms with E-state index in [2.05, 4.69) is 109 Å². The van der Waals surface area contributed by atoms with Crippen molar-refractivity contribution in [3.8, 4) is 22.4 Å². The second-order valence-electron chi connectivity index (χ2n) is 10.5. The highest BCUT2D eigenvalue weighted by Gasteiger charge is 2.13. The maximum absolute atomic E-state index is 7.96. The second kappa shape index (κ2) is 13.6. The number of hydrogen-bond acceptors (Lipinski definition) is 2. The number of allylic oxidation sites excluding steroid dienone is 3. The van der Waals surface area contributed by atoms with E-state index >= 15 is 0 Å². The molecular weight excluding hydrogens is 512 g/mol. The fraction of sp³-hybridized carbons (Fsp3) is 0.158. The minimum Gasteiger partial charge on any atom is -0.282 e. The van der Waals surface area contributed by atoms with Gasteiger partial charge in [-0.1, -0.05) is 115 Å². The highest BCUT2D eigenvalue weighted by Crippen LogP contribution is 2.31. The van der Waals surface area contributed by atoms with Gasteiger partial charge in [-0.05, 0) is 69.0 Å². The Bertz CT molecular complexity index is 1700. The van der Waals surface area contributed by atoms with Gasteiger partial charge >= 0.3 is 0 Å². The first-order valence-electron chi connectivity index (χ1n) is 14.4. The molecule has 0 spiro atoms. The molecule has 1 aromatic heterocycles. The van der Waals surface area contributed by atoms with Gasteiger partial charge in [0, 0.05) is 28.0 Å². The molecule has 1 heterocycles. The Labute approximate surface area is 249 Å². The Balaban J connectivity index is 0.000000176. The van der Waals surface area contributed by atoms with Crippen LogP contribution in [-0.2, 0) is 6.42 Å². The number of aromatic nitrogens is 1. The third kappa shape index (κ3) is 7.02. The van der Waals surface area contributed by atoms with Gasteiger partial charge in [0.05, 0.1) is 5.69 Å². The van der Waals surface area contributed by atoms with E-state index < -0.39 is 0 Å². The third-order valence-corrected chi connectivity index (χ3v) is 7.31. The number of benzene rings is 3. The Kier molecular flexibility index (Phi) is 9.25. The van der Waals surface area contributed by atoms with E-state index in [1.54, 1.807) is 0 Å². The summed E-state index contributed by atoms with van der Waals surface area (Å²) in [6.45, 7) is 7.75. The first-order valence-corrected chi connectivity index (χ1v) is 14.4. The zero-order valence-electron chi connectivity index (χ0n) is 24.3. The van der Waals surface area contributed by atoms with E-state index in [0.29, 0.717) is 5.84 Å². The Morgan fingerprint density at radius 3 is 2.26 bits per heavy atom. The summed E-state index contributed by atoms with van der Waals surface area (Å²) in [4.78, 5) is 13.0. The molecule has 0 unspecified atom stereocenters. The molecule has 4 aromatic rings. The molecular formula is C38H36N4. The SMILES string of the molecule is C=NC(=NC(=N)c1ccccc1)C1=CCCC=C1.Cc1cccc(-c2ccc(-c3nc(C)cc4c3C=CCC4)cc2)c1.